The maximum atomic E-state index is 13.6. The minimum Gasteiger partial charge on any atom is -0.480 e. The van der Waals surface area contributed by atoms with Crippen LogP contribution < -0.4 is 49.1 Å². The topological polar surface area (TPSA) is 383 Å². The molecule has 356 valence electrons. The van der Waals surface area contributed by atoms with Crippen molar-refractivity contribution in [1.29, 1.82) is 0 Å². The largest absolute Gasteiger partial charge is 0.480 e. The summed E-state index contributed by atoms with van der Waals surface area (Å²) in [5.74, 6) is -8.05. The van der Waals surface area contributed by atoms with Crippen LogP contribution in [-0.4, -0.2) is 172 Å². The molecule has 2 rings (SSSR count). The molecule has 0 radical (unpaired) electrons. The van der Waals surface area contributed by atoms with Gasteiger partial charge >= 0.3 is 5.97 Å². The third-order valence-corrected chi connectivity index (χ3v) is 11.1. The zero-order valence-corrected chi connectivity index (χ0v) is 36.9. The second-order valence-corrected chi connectivity index (χ2v) is 16.3. The van der Waals surface area contributed by atoms with Gasteiger partial charge in [0.25, 0.3) is 0 Å². The average Bonchev–Trinajstić information content (AvgIpc) is 3.93. The number of aliphatic hydroxyl groups excluding tert-OH is 2. The number of guanidine groups is 1. The van der Waals surface area contributed by atoms with E-state index in [1.54, 1.807) is 27.7 Å². The van der Waals surface area contributed by atoms with Crippen LogP contribution in [0.5, 0.6) is 0 Å². The molecule has 2 aliphatic rings. The molecule has 24 heteroatoms. The Labute approximate surface area is 366 Å². The molecule has 0 bridgehead atoms. The monoisotopic (exact) mass is 897 g/mol. The van der Waals surface area contributed by atoms with Crippen LogP contribution in [0.3, 0.4) is 0 Å². The first-order chi connectivity index (χ1) is 29.5. The molecule has 10 atom stereocenters. The Morgan fingerprint density at radius 2 is 1.33 bits per heavy atom. The highest BCUT2D eigenvalue weighted by atomic mass is 16.4. The van der Waals surface area contributed by atoms with Crippen LogP contribution >= 0.6 is 0 Å². The smallest absolute Gasteiger partial charge is 0.328 e. The summed E-state index contributed by atoms with van der Waals surface area (Å²) in [5, 5.41) is 44.1. The van der Waals surface area contributed by atoms with Gasteiger partial charge in [0.15, 0.2) is 12.0 Å². The summed E-state index contributed by atoms with van der Waals surface area (Å²) < 4.78 is 0. The van der Waals surface area contributed by atoms with E-state index in [1.807, 2.05) is 0 Å². The van der Waals surface area contributed by atoms with Gasteiger partial charge in [-0.15, -0.1) is 0 Å². The molecule has 0 aromatic carbocycles. The molecule has 0 saturated carbocycles. The number of likely N-dealkylation sites (tertiary alicyclic amines) is 2. The van der Waals surface area contributed by atoms with Gasteiger partial charge in [0, 0.05) is 19.6 Å². The minimum atomic E-state index is -1.62. The molecule has 0 unspecified atom stereocenters. The van der Waals surface area contributed by atoms with Crippen molar-refractivity contribution < 1.29 is 58.5 Å². The number of nitrogens with two attached hydrogens (primary N) is 3. The Balaban J connectivity index is 2.05. The molecule has 15 N–H and O–H groups in total. The van der Waals surface area contributed by atoms with Crippen molar-refractivity contribution in [2.24, 2.45) is 34.0 Å². The van der Waals surface area contributed by atoms with E-state index in [1.165, 1.54) is 23.6 Å². The molecular formula is C39H68N12O12. The van der Waals surface area contributed by atoms with Crippen molar-refractivity contribution in [3.05, 3.63) is 0 Å². The third kappa shape index (κ3) is 15.9. The number of aliphatic hydroxyl groups is 2. The second-order valence-electron chi connectivity index (χ2n) is 16.3. The fraction of sp³-hybridized carbons (Fsp3) is 0.744. The van der Waals surface area contributed by atoms with Crippen LogP contribution in [0.2, 0.25) is 0 Å². The van der Waals surface area contributed by atoms with Gasteiger partial charge in [0.1, 0.15) is 36.3 Å². The van der Waals surface area contributed by atoms with Gasteiger partial charge < -0.3 is 74.2 Å². The number of carboxylic acid groups (broad SMARTS) is 1. The van der Waals surface area contributed by atoms with Gasteiger partial charge in [-0.2, -0.15) is 0 Å². The number of nitrogens with zero attached hydrogens (tertiary/aromatic N) is 3. The standard InChI is InChI=1S/C39H68N12O12/c1-7-20(4)29(36(60)49-30(22(6)53)38(62)63)48-34(58)25-12-9-15-50(25)27(54)17-44-31(55)24(18-52)47-33(57)26-13-10-16-51(26)37(61)21(5)45-32(56)23(11-8-14-43-39(41)42)46-35(59)28(40)19(2)3/h19-26,28-30,52-53H,7-18,40H2,1-6H3,(H,44,55)(H,45,56)(H,46,59)(H,47,57)(H,48,58)(H,49,60)(H,62,63)(H4,41,42,43)/t20-,21-,22+,23-,24-,25-,26-,28-,29-,30-/m0/s1. The molecule has 2 fully saturated rings. The summed E-state index contributed by atoms with van der Waals surface area (Å²) >= 11 is 0. The van der Waals surface area contributed by atoms with Crippen LogP contribution in [0.4, 0.5) is 0 Å². The molecule has 0 aromatic rings. The Hall–Kier alpha value is -5.62. The summed E-state index contributed by atoms with van der Waals surface area (Å²) in [6.07, 6.45) is 0.662. The third-order valence-electron chi connectivity index (χ3n) is 11.1. The lowest BCUT2D eigenvalue weighted by molar-refractivity contribution is -0.146. The van der Waals surface area contributed by atoms with Gasteiger partial charge in [-0.1, -0.05) is 34.1 Å². The zero-order chi connectivity index (χ0) is 47.7. The maximum absolute atomic E-state index is 13.6. The number of hydrogen-bond acceptors (Lipinski definition) is 13. The highest BCUT2D eigenvalue weighted by molar-refractivity contribution is 5.97. The van der Waals surface area contributed by atoms with E-state index < -0.39 is 127 Å². The van der Waals surface area contributed by atoms with Crippen LogP contribution in [0.15, 0.2) is 4.99 Å². The summed E-state index contributed by atoms with van der Waals surface area (Å²) in [7, 11) is 0. The Morgan fingerprint density at radius 1 is 0.746 bits per heavy atom. The fourth-order valence-corrected chi connectivity index (χ4v) is 7.04. The van der Waals surface area contributed by atoms with E-state index in [0.717, 1.165) is 0 Å². The molecule has 24 nitrogen and oxygen atoms in total. The fourth-order valence-electron chi connectivity index (χ4n) is 7.04. The van der Waals surface area contributed by atoms with Crippen LogP contribution in [0.1, 0.15) is 86.5 Å². The summed E-state index contributed by atoms with van der Waals surface area (Å²) in [5.41, 5.74) is 16.7. The van der Waals surface area contributed by atoms with Gasteiger partial charge in [-0.3, -0.25) is 43.3 Å². The SMILES string of the molecule is CC[C@H](C)[C@H](NC(=O)[C@@H]1CCCN1C(=O)CNC(=O)[C@H](CO)NC(=O)[C@@H]1CCCN1C(=O)[C@H](C)NC(=O)[C@H](CCCN=C(N)N)NC(=O)[C@@H](N)C(C)C)C(=O)N[C@H](C(=O)O)[C@@H](C)O. The van der Waals surface area contributed by atoms with Crippen LogP contribution in [0, 0.1) is 11.8 Å². The van der Waals surface area contributed by atoms with E-state index in [4.69, 9.17) is 17.2 Å². The first-order valence-corrected chi connectivity index (χ1v) is 21.3. The second kappa shape index (κ2) is 25.5. The van der Waals surface area contributed by atoms with Crippen molar-refractivity contribution in [2.45, 2.75) is 141 Å². The highest BCUT2D eigenvalue weighted by Gasteiger charge is 2.40. The summed E-state index contributed by atoms with van der Waals surface area (Å²) in [4.78, 5) is 124. The van der Waals surface area contributed by atoms with E-state index in [9.17, 15) is 58.5 Å². The minimum absolute atomic E-state index is 0.113. The van der Waals surface area contributed by atoms with Gasteiger partial charge in [-0.25, -0.2) is 4.79 Å². The number of carboxylic acids is 1. The number of amides is 8. The van der Waals surface area contributed by atoms with Crippen molar-refractivity contribution in [2.75, 3.05) is 32.8 Å². The van der Waals surface area contributed by atoms with E-state index in [0.29, 0.717) is 25.7 Å². The number of rotatable bonds is 24. The van der Waals surface area contributed by atoms with Gasteiger partial charge in [-0.05, 0) is 64.2 Å². The summed E-state index contributed by atoms with van der Waals surface area (Å²) in [6, 6.07) is -9.61. The lowest BCUT2D eigenvalue weighted by Crippen LogP contribution is -2.59. The predicted octanol–water partition coefficient (Wildman–Crippen LogP) is -4.93. The van der Waals surface area contributed by atoms with Crippen LogP contribution in [0.25, 0.3) is 0 Å². The normalized spacial score (nSPS) is 19.8. The van der Waals surface area contributed by atoms with Crippen molar-refractivity contribution in [1.82, 2.24) is 41.7 Å². The molecule has 0 spiro atoms. The number of carbonyl (C=O) groups is 9. The van der Waals surface area contributed by atoms with Crippen molar-refractivity contribution in [3.63, 3.8) is 0 Å². The number of hydrogen-bond donors (Lipinski definition) is 12. The van der Waals surface area contributed by atoms with Gasteiger partial charge in [0.05, 0.1) is 25.3 Å². The molecule has 2 saturated heterocycles. The van der Waals surface area contributed by atoms with E-state index in [2.05, 4.69) is 36.9 Å². The van der Waals surface area contributed by atoms with Crippen LogP contribution in [-0.2, 0) is 43.2 Å². The molecule has 2 heterocycles. The molecule has 8 amide bonds. The molecule has 0 aliphatic carbocycles. The molecular weight excluding hydrogens is 829 g/mol. The summed E-state index contributed by atoms with van der Waals surface area (Å²) in [6.45, 7) is 8.49. The Bertz CT molecular complexity index is 1680. The number of aliphatic carboxylic acids is 1. The zero-order valence-electron chi connectivity index (χ0n) is 36.9. The Kier molecular flexibility index (Phi) is 21.6. The quantitative estimate of drug-likeness (QED) is 0.0245. The first-order valence-electron chi connectivity index (χ1n) is 21.3. The number of nitrogens with one attached hydrogen (secondary N) is 6. The lowest BCUT2D eigenvalue weighted by Gasteiger charge is -2.30. The lowest BCUT2D eigenvalue weighted by atomic mass is 9.97. The van der Waals surface area contributed by atoms with E-state index >= 15 is 0 Å². The highest BCUT2D eigenvalue weighted by Crippen LogP contribution is 2.21. The van der Waals surface area contributed by atoms with Gasteiger partial charge in [0.2, 0.25) is 47.3 Å². The Morgan fingerprint density at radius 3 is 1.87 bits per heavy atom. The maximum Gasteiger partial charge on any atom is 0.328 e. The first kappa shape index (κ1) is 53.5. The van der Waals surface area contributed by atoms with E-state index in [-0.39, 0.29) is 50.8 Å². The van der Waals surface area contributed by atoms with Crippen molar-refractivity contribution >= 4 is 59.2 Å². The average molecular weight is 897 g/mol. The number of carbonyl (C=O) groups excluding carboxylic acids is 8. The molecule has 0 aromatic heterocycles. The molecule has 63 heavy (non-hydrogen) atoms. The number of aliphatic imine (C=N–C) groups is 1. The molecule has 2 aliphatic heterocycles. The predicted molar refractivity (Wildman–Crippen MR) is 226 cm³/mol. The van der Waals surface area contributed by atoms with Crippen molar-refractivity contribution in [3.8, 4) is 0 Å².